The molecule has 1 aliphatic heterocycles. The van der Waals surface area contributed by atoms with Crippen LogP contribution in [0.1, 0.15) is 12.6 Å². The number of alkyl halides is 1. The van der Waals surface area contributed by atoms with Crippen molar-refractivity contribution in [2.45, 2.75) is 20.0 Å². The topological polar surface area (TPSA) is 24.3 Å². The van der Waals surface area contributed by atoms with Crippen LogP contribution >= 0.6 is 15.9 Å². The molecule has 0 aliphatic carbocycles. The molecule has 0 N–H and O–H groups in total. The molecule has 0 saturated carbocycles. The first-order valence-corrected chi connectivity index (χ1v) is 8.89. The van der Waals surface area contributed by atoms with Gasteiger partial charge in [0.15, 0.2) is 0 Å². The number of hydrogen-bond acceptors (Lipinski definition) is 3. The van der Waals surface area contributed by atoms with Crippen LogP contribution in [-0.2, 0) is 13.1 Å². The first-order chi connectivity index (χ1) is 10.3. The molecule has 0 amide bonds. The summed E-state index contributed by atoms with van der Waals surface area (Å²) in [6.45, 7) is 9.81. The predicted octanol–water partition coefficient (Wildman–Crippen LogP) is 2.57. The number of rotatable bonds is 5. The summed E-state index contributed by atoms with van der Waals surface area (Å²) in [6, 6.07) is 8.58. The zero-order valence-corrected chi connectivity index (χ0v) is 14.2. The standard InChI is InChI=1S/C16H23BrN4/c1-2-21-16-6-4-3-5-14(16)15(18-21)13-20-11-9-19(8-7-17)10-12-20/h3-6H,2,7-13H2,1H3. The van der Waals surface area contributed by atoms with Crippen LogP contribution in [-0.4, -0.2) is 57.6 Å². The summed E-state index contributed by atoms with van der Waals surface area (Å²) in [5.41, 5.74) is 2.48. The summed E-state index contributed by atoms with van der Waals surface area (Å²) in [5, 5.41) is 7.19. The number of para-hydroxylation sites is 1. The Kier molecular flexibility index (Phi) is 4.93. The third-order valence-electron chi connectivity index (χ3n) is 4.27. The van der Waals surface area contributed by atoms with E-state index in [2.05, 4.69) is 61.6 Å². The minimum atomic E-state index is 0.930. The molecule has 0 spiro atoms. The van der Waals surface area contributed by atoms with Gasteiger partial charge in [-0.1, -0.05) is 34.1 Å². The molecule has 114 valence electrons. The molecule has 4 nitrogen and oxygen atoms in total. The van der Waals surface area contributed by atoms with E-state index in [1.165, 1.54) is 16.6 Å². The number of piperazine rings is 1. The lowest BCUT2D eigenvalue weighted by Gasteiger charge is -2.33. The van der Waals surface area contributed by atoms with Crippen molar-refractivity contribution < 1.29 is 0 Å². The van der Waals surface area contributed by atoms with E-state index in [1.807, 2.05) is 0 Å². The number of hydrogen-bond donors (Lipinski definition) is 0. The molecule has 2 heterocycles. The Bertz CT molecular complexity index is 587. The van der Waals surface area contributed by atoms with Crippen LogP contribution in [0.5, 0.6) is 0 Å². The van der Waals surface area contributed by atoms with Crippen molar-refractivity contribution in [3.63, 3.8) is 0 Å². The maximum absolute atomic E-state index is 4.81. The van der Waals surface area contributed by atoms with E-state index in [9.17, 15) is 0 Å². The summed E-state index contributed by atoms with van der Waals surface area (Å²) in [5.74, 6) is 0. The SMILES string of the molecule is CCn1nc(CN2CCN(CCBr)CC2)c2ccccc21. The lowest BCUT2D eigenvalue weighted by molar-refractivity contribution is 0.132. The van der Waals surface area contributed by atoms with E-state index in [1.54, 1.807) is 0 Å². The second-order valence-electron chi connectivity index (χ2n) is 5.59. The number of halogens is 1. The molecule has 2 aromatic rings. The summed E-state index contributed by atoms with van der Waals surface area (Å²) in [4.78, 5) is 5.05. The average molecular weight is 351 g/mol. The smallest absolute Gasteiger partial charge is 0.0843 e. The Morgan fingerprint density at radius 1 is 1.10 bits per heavy atom. The average Bonchev–Trinajstić information content (AvgIpc) is 2.88. The molecule has 1 aromatic carbocycles. The van der Waals surface area contributed by atoms with Crippen molar-refractivity contribution in [2.24, 2.45) is 0 Å². The van der Waals surface area contributed by atoms with Crippen LogP contribution < -0.4 is 0 Å². The fourth-order valence-corrected chi connectivity index (χ4v) is 3.56. The van der Waals surface area contributed by atoms with Gasteiger partial charge < -0.3 is 0 Å². The largest absolute Gasteiger partial charge is 0.300 e. The third-order valence-corrected chi connectivity index (χ3v) is 4.63. The molecule has 1 fully saturated rings. The molecular weight excluding hydrogens is 328 g/mol. The van der Waals surface area contributed by atoms with Crippen molar-refractivity contribution in [2.75, 3.05) is 38.1 Å². The van der Waals surface area contributed by atoms with Gasteiger partial charge in [0.2, 0.25) is 0 Å². The molecular formula is C16H23BrN4. The van der Waals surface area contributed by atoms with Crippen LogP contribution in [0.15, 0.2) is 24.3 Å². The minimum Gasteiger partial charge on any atom is -0.300 e. The van der Waals surface area contributed by atoms with Gasteiger partial charge in [-0.25, -0.2) is 0 Å². The van der Waals surface area contributed by atoms with E-state index in [-0.39, 0.29) is 0 Å². The molecule has 1 aromatic heterocycles. The molecule has 5 heteroatoms. The van der Waals surface area contributed by atoms with Gasteiger partial charge in [-0.15, -0.1) is 0 Å². The van der Waals surface area contributed by atoms with Crippen LogP contribution in [0, 0.1) is 0 Å². The molecule has 0 atom stereocenters. The lowest BCUT2D eigenvalue weighted by atomic mass is 10.2. The van der Waals surface area contributed by atoms with Gasteiger partial charge >= 0.3 is 0 Å². The molecule has 3 rings (SSSR count). The first-order valence-electron chi connectivity index (χ1n) is 7.77. The van der Waals surface area contributed by atoms with Crippen LogP contribution in [0.4, 0.5) is 0 Å². The quantitative estimate of drug-likeness (QED) is 0.774. The van der Waals surface area contributed by atoms with Crippen molar-refractivity contribution in [3.05, 3.63) is 30.0 Å². The highest BCUT2D eigenvalue weighted by molar-refractivity contribution is 9.09. The highest BCUT2D eigenvalue weighted by Gasteiger charge is 2.18. The molecule has 0 radical (unpaired) electrons. The summed E-state index contributed by atoms with van der Waals surface area (Å²) < 4.78 is 2.12. The van der Waals surface area contributed by atoms with Crippen molar-refractivity contribution in [3.8, 4) is 0 Å². The Morgan fingerprint density at radius 3 is 2.52 bits per heavy atom. The second kappa shape index (κ2) is 6.90. The normalized spacial score (nSPS) is 17.6. The Balaban J connectivity index is 1.71. The minimum absolute atomic E-state index is 0.930. The van der Waals surface area contributed by atoms with Crippen molar-refractivity contribution >= 4 is 26.8 Å². The lowest BCUT2D eigenvalue weighted by Crippen LogP contribution is -2.46. The monoisotopic (exact) mass is 350 g/mol. The van der Waals surface area contributed by atoms with Gasteiger partial charge in [0.1, 0.15) is 0 Å². The zero-order valence-electron chi connectivity index (χ0n) is 12.6. The first kappa shape index (κ1) is 15.0. The van der Waals surface area contributed by atoms with Crippen molar-refractivity contribution in [1.29, 1.82) is 0 Å². The molecule has 0 bridgehead atoms. The van der Waals surface area contributed by atoms with Crippen LogP contribution in [0.3, 0.4) is 0 Å². The number of aromatic nitrogens is 2. The van der Waals surface area contributed by atoms with Gasteiger partial charge in [-0.3, -0.25) is 14.5 Å². The fraction of sp³-hybridized carbons (Fsp3) is 0.562. The van der Waals surface area contributed by atoms with E-state index >= 15 is 0 Å². The number of nitrogens with zero attached hydrogens (tertiary/aromatic N) is 4. The molecule has 21 heavy (non-hydrogen) atoms. The molecule has 1 aliphatic rings. The summed E-state index contributed by atoms with van der Waals surface area (Å²) in [7, 11) is 0. The highest BCUT2D eigenvalue weighted by Crippen LogP contribution is 2.20. The van der Waals surface area contributed by atoms with Gasteiger partial charge in [0.05, 0.1) is 11.2 Å². The van der Waals surface area contributed by atoms with Gasteiger partial charge in [0.25, 0.3) is 0 Å². The number of fused-ring (bicyclic) bond motifs is 1. The van der Waals surface area contributed by atoms with Crippen molar-refractivity contribution in [1.82, 2.24) is 19.6 Å². The third kappa shape index (κ3) is 3.30. The fourth-order valence-electron chi connectivity index (χ4n) is 3.06. The maximum Gasteiger partial charge on any atom is 0.0843 e. The highest BCUT2D eigenvalue weighted by atomic mass is 79.9. The Labute approximate surface area is 134 Å². The van der Waals surface area contributed by atoms with Gasteiger partial charge in [-0.05, 0) is 13.0 Å². The van der Waals surface area contributed by atoms with E-state index in [4.69, 9.17) is 5.10 Å². The summed E-state index contributed by atoms with van der Waals surface area (Å²) in [6.07, 6.45) is 0. The zero-order chi connectivity index (χ0) is 14.7. The maximum atomic E-state index is 4.81. The molecule has 0 unspecified atom stereocenters. The number of benzene rings is 1. The van der Waals surface area contributed by atoms with Crippen LogP contribution in [0.2, 0.25) is 0 Å². The van der Waals surface area contributed by atoms with E-state index < -0.39 is 0 Å². The second-order valence-corrected chi connectivity index (χ2v) is 6.38. The van der Waals surface area contributed by atoms with Crippen LogP contribution in [0.25, 0.3) is 10.9 Å². The Morgan fingerprint density at radius 2 is 1.81 bits per heavy atom. The van der Waals surface area contributed by atoms with Gasteiger partial charge in [-0.2, -0.15) is 5.10 Å². The molecule has 1 saturated heterocycles. The summed E-state index contributed by atoms with van der Waals surface area (Å²) >= 11 is 3.52. The van der Waals surface area contributed by atoms with E-state index in [0.29, 0.717) is 0 Å². The van der Waals surface area contributed by atoms with Gasteiger partial charge in [0, 0.05) is 56.5 Å². The van der Waals surface area contributed by atoms with E-state index in [0.717, 1.165) is 51.1 Å². The Hall–Kier alpha value is -0.910. The predicted molar refractivity (Wildman–Crippen MR) is 90.9 cm³/mol. The number of aryl methyl sites for hydroxylation is 1.